The Bertz CT molecular complexity index is 517. The molecule has 0 spiro atoms. The number of hydrogen-bond donors (Lipinski definition) is 1. The summed E-state index contributed by atoms with van der Waals surface area (Å²) in [7, 11) is 0. The molecule has 2 nitrogen and oxygen atoms in total. The molecular formula is C16H19NO. The summed E-state index contributed by atoms with van der Waals surface area (Å²) >= 11 is 0. The van der Waals surface area contributed by atoms with Gasteiger partial charge in [-0.15, -0.1) is 0 Å². The Hall–Kier alpha value is -1.96. The average molecular weight is 241 g/mol. The van der Waals surface area contributed by atoms with E-state index >= 15 is 0 Å². The van der Waals surface area contributed by atoms with Crippen molar-refractivity contribution >= 4 is 5.69 Å². The number of nitrogens with two attached hydrogens (primary N) is 1. The number of aryl methyl sites for hydroxylation is 2. The van der Waals surface area contributed by atoms with Crippen molar-refractivity contribution < 1.29 is 4.74 Å². The molecule has 0 bridgehead atoms. The third-order valence-electron chi connectivity index (χ3n) is 2.86. The fraction of sp³-hybridized carbons (Fsp3) is 0.250. The van der Waals surface area contributed by atoms with Gasteiger partial charge in [-0.25, -0.2) is 0 Å². The van der Waals surface area contributed by atoms with Crippen molar-refractivity contribution in [3.8, 4) is 11.5 Å². The molecule has 0 radical (unpaired) electrons. The minimum Gasteiger partial charge on any atom is -0.455 e. The Balaban J connectivity index is 2.13. The molecule has 94 valence electrons. The number of rotatable bonds is 4. The molecule has 0 saturated heterocycles. The fourth-order valence-electron chi connectivity index (χ4n) is 1.90. The first-order valence-electron chi connectivity index (χ1n) is 6.32. The molecule has 2 N–H and O–H groups in total. The third kappa shape index (κ3) is 3.04. The first-order chi connectivity index (χ1) is 8.69. The maximum absolute atomic E-state index is 5.92. The van der Waals surface area contributed by atoms with E-state index < -0.39 is 0 Å². The van der Waals surface area contributed by atoms with Gasteiger partial charge < -0.3 is 10.5 Å². The second-order valence-electron chi connectivity index (χ2n) is 4.54. The Morgan fingerprint density at radius 1 is 1.06 bits per heavy atom. The SMILES string of the molecule is CCCc1ccc(Oc2ccc(C)cc2N)cc1. The van der Waals surface area contributed by atoms with Gasteiger partial charge in [0.1, 0.15) is 11.5 Å². The minimum atomic E-state index is 0.674. The zero-order valence-electron chi connectivity index (χ0n) is 10.9. The number of nitrogen functional groups attached to an aromatic ring is 1. The molecule has 2 aromatic rings. The van der Waals surface area contributed by atoms with Crippen molar-refractivity contribution in [2.75, 3.05) is 5.73 Å². The van der Waals surface area contributed by atoms with E-state index in [1.807, 2.05) is 37.3 Å². The summed E-state index contributed by atoms with van der Waals surface area (Å²) in [6, 6.07) is 14.0. The van der Waals surface area contributed by atoms with Gasteiger partial charge in [-0.3, -0.25) is 0 Å². The van der Waals surface area contributed by atoms with Crippen LogP contribution in [0.25, 0.3) is 0 Å². The molecule has 2 heteroatoms. The molecule has 0 atom stereocenters. The molecule has 0 heterocycles. The van der Waals surface area contributed by atoms with Crippen LogP contribution in [0.3, 0.4) is 0 Å². The monoisotopic (exact) mass is 241 g/mol. The summed E-state index contributed by atoms with van der Waals surface area (Å²) in [5.41, 5.74) is 9.07. The Morgan fingerprint density at radius 3 is 2.39 bits per heavy atom. The van der Waals surface area contributed by atoms with Gasteiger partial charge in [0.15, 0.2) is 0 Å². The topological polar surface area (TPSA) is 35.2 Å². The van der Waals surface area contributed by atoms with Crippen LogP contribution in [0.2, 0.25) is 0 Å². The molecule has 0 aliphatic rings. The first-order valence-corrected chi connectivity index (χ1v) is 6.32. The second-order valence-corrected chi connectivity index (χ2v) is 4.54. The molecule has 0 unspecified atom stereocenters. The van der Waals surface area contributed by atoms with Gasteiger partial charge in [0.25, 0.3) is 0 Å². The Morgan fingerprint density at radius 2 is 1.78 bits per heavy atom. The van der Waals surface area contributed by atoms with Gasteiger partial charge in [-0.05, 0) is 48.7 Å². The molecule has 0 amide bonds. The lowest BCUT2D eigenvalue weighted by atomic mass is 10.1. The van der Waals surface area contributed by atoms with Crippen LogP contribution in [0.4, 0.5) is 5.69 Å². The summed E-state index contributed by atoms with van der Waals surface area (Å²) in [5.74, 6) is 1.54. The van der Waals surface area contributed by atoms with Crippen LogP contribution in [-0.2, 0) is 6.42 Å². The molecule has 0 fully saturated rings. The summed E-state index contributed by atoms with van der Waals surface area (Å²) < 4.78 is 5.77. The van der Waals surface area contributed by atoms with Crippen LogP contribution in [0.1, 0.15) is 24.5 Å². The normalized spacial score (nSPS) is 10.3. The Kier molecular flexibility index (Phi) is 3.88. The van der Waals surface area contributed by atoms with E-state index in [1.165, 1.54) is 5.56 Å². The lowest BCUT2D eigenvalue weighted by Gasteiger charge is -2.09. The number of benzene rings is 2. The number of anilines is 1. The molecule has 2 aromatic carbocycles. The first kappa shape index (κ1) is 12.5. The molecule has 18 heavy (non-hydrogen) atoms. The zero-order chi connectivity index (χ0) is 13.0. The van der Waals surface area contributed by atoms with E-state index in [0.29, 0.717) is 11.4 Å². The highest BCUT2D eigenvalue weighted by Gasteiger charge is 2.02. The minimum absolute atomic E-state index is 0.674. The fourth-order valence-corrected chi connectivity index (χ4v) is 1.90. The predicted octanol–water partition coefficient (Wildman–Crippen LogP) is 4.32. The third-order valence-corrected chi connectivity index (χ3v) is 2.86. The Labute approximate surface area is 108 Å². The summed E-state index contributed by atoms with van der Waals surface area (Å²) in [6.07, 6.45) is 2.26. The molecule has 0 aliphatic heterocycles. The van der Waals surface area contributed by atoms with Gasteiger partial charge in [-0.1, -0.05) is 31.5 Å². The highest BCUT2D eigenvalue weighted by molar-refractivity contribution is 5.55. The van der Waals surface area contributed by atoms with Gasteiger partial charge in [0.2, 0.25) is 0 Å². The average Bonchev–Trinajstić information content (AvgIpc) is 2.35. The van der Waals surface area contributed by atoms with Crippen molar-refractivity contribution in [3.63, 3.8) is 0 Å². The van der Waals surface area contributed by atoms with E-state index in [-0.39, 0.29) is 0 Å². The molecule has 0 aromatic heterocycles. The van der Waals surface area contributed by atoms with Crippen LogP contribution in [0.5, 0.6) is 11.5 Å². The maximum atomic E-state index is 5.92. The van der Waals surface area contributed by atoms with Crippen molar-refractivity contribution in [2.45, 2.75) is 26.7 Å². The summed E-state index contributed by atoms with van der Waals surface area (Å²) in [5, 5.41) is 0. The van der Waals surface area contributed by atoms with Gasteiger partial charge >= 0.3 is 0 Å². The van der Waals surface area contributed by atoms with Gasteiger partial charge in [0, 0.05) is 0 Å². The van der Waals surface area contributed by atoms with Crippen LogP contribution in [0.15, 0.2) is 42.5 Å². The van der Waals surface area contributed by atoms with Crippen molar-refractivity contribution in [2.24, 2.45) is 0 Å². The van der Waals surface area contributed by atoms with Crippen LogP contribution in [0, 0.1) is 6.92 Å². The molecule has 0 saturated carbocycles. The standard InChI is InChI=1S/C16H19NO/c1-3-4-13-6-8-14(9-7-13)18-16-10-5-12(2)11-15(16)17/h5-11H,3-4,17H2,1-2H3. The quantitative estimate of drug-likeness (QED) is 0.809. The van der Waals surface area contributed by atoms with E-state index in [9.17, 15) is 0 Å². The lowest BCUT2D eigenvalue weighted by Crippen LogP contribution is -1.93. The van der Waals surface area contributed by atoms with Crippen LogP contribution in [-0.4, -0.2) is 0 Å². The zero-order valence-corrected chi connectivity index (χ0v) is 10.9. The molecular weight excluding hydrogens is 222 g/mol. The number of ether oxygens (including phenoxy) is 1. The number of hydrogen-bond acceptors (Lipinski definition) is 2. The van der Waals surface area contributed by atoms with E-state index in [4.69, 9.17) is 10.5 Å². The molecule has 0 aliphatic carbocycles. The maximum Gasteiger partial charge on any atom is 0.150 e. The van der Waals surface area contributed by atoms with Crippen LogP contribution < -0.4 is 10.5 Å². The second kappa shape index (κ2) is 5.58. The van der Waals surface area contributed by atoms with Crippen molar-refractivity contribution in [1.82, 2.24) is 0 Å². The van der Waals surface area contributed by atoms with Crippen molar-refractivity contribution in [3.05, 3.63) is 53.6 Å². The lowest BCUT2D eigenvalue weighted by molar-refractivity contribution is 0.484. The predicted molar refractivity (Wildman–Crippen MR) is 76.1 cm³/mol. The van der Waals surface area contributed by atoms with E-state index in [2.05, 4.69) is 19.1 Å². The van der Waals surface area contributed by atoms with Crippen molar-refractivity contribution in [1.29, 1.82) is 0 Å². The smallest absolute Gasteiger partial charge is 0.150 e. The van der Waals surface area contributed by atoms with Gasteiger partial charge in [0.05, 0.1) is 5.69 Å². The van der Waals surface area contributed by atoms with E-state index in [1.54, 1.807) is 0 Å². The van der Waals surface area contributed by atoms with Gasteiger partial charge in [-0.2, -0.15) is 0 Å². The molecule has 2 rings (SSSR count). The highest BCUT2D eigenvalue weighted by atomic mass is 16.5. The summed E-state index contributed by atoms with van der Waals surface area (Å²) in [4.78, 5) is 0. The van der Waals surface area contributed by atoms with E-state index in [0.717, 1.165) is 24.2 Å². The van der Waals surface area contributed by atoms with Crippen LogP contribution >= 0.6 is 0 Å². The largest absolute Gasteiger partial charge is 0.455 e. The highest BCUT2D eigenvalue weighted by Crippen LogP contribution is 2.28. The summed E-state index contributed by atoms with van der Waals surface area (Å²) in [6.45, 7) is 4.19.